The molecule has 10 rings (SSSR count). The summed E-state index contributed by atoms with van der Waals surface area (Å²) in [5.74, 6) is -3.64. The van der Waals surface area contributed by atoms with E-state index < -0.39 is 23.3 Å². The number of benzene rings is 2. The number of aromatic amines is 2. The molecule has 0 saturated carbocycles. The van der Waals surface area contributed by atoms with Crippen LogP contribution in [0.5, 0.6) is 23.0 Å². The fourth-order valence-electron chi connectivity index (χ4n) is 9.24. The summed E-state index contributed by atoms with van der Waals surface area (Å²) in [5, 5.41) is 12.6. The van der Waals surface area contributed by atoms with E-state index in [0.29, 0.717) is 57.3 Å². The van der Waals surface area contributed by atoms with Gasteiger partial charge in [-0.25, -0.2) is 37.5 Å². The smallest absolute Gasteiger partial charge is 0.171 e. The SMILES string of the molecule is COc1cc(OC)c(F)c(Cc2c[nH]c3ncc(-c4cnn(C5CCN(CCCOc6cc(OC)c(F)c(Cc7c[nH]c8ncc(-c9cnn(C%10CCNCC%10)c9)nc78)c6F)CC5)c4)nc23)c1F. The molecular formula is C48H50F4N12O4. The Morgan fingerprint density at radius 2 is 1.09 bits per heavy atom. The molecule has 2 aromatic carbocycles. The summed E-state index contributed by atoms with van der Waals surface area (Å²) in [6.45, 7) is 4.46. The summed E-state index contributed by atoms with van der Waals surface area (Å²) in [6.07, 6.45) is 18.2. The second kappa shape index (κ2) is 19.3. The first-order valence-electron chi connectivity index (χ1n) is 22.6. The maximum absolute atomic E-state index is 16.1. The van der Waals surface area contributed by atoms with Crippen molar-refractivity contribution in [3.8, 4) is 45.5 Å². The lowest BCUT2D eigenvalue weighted by Gasteiger charge is -2.32. The Morgan fingerprint density at radius 3 is 1.59 bits per heavy atom. The molecule has 0 radical (unpaired) electrons. The highest BCUT2D eigenvalue weighted by atomic mass is 19.1. The summed E-state index contributed by atoms with van der Waals surface area (Å²) in [7, 11) is 3.96. The average molecular weight is 935 g/mol. The third kappa shape index (κ3) is 8.80. The van der Waals surface area contributed by atoms with Crippen LogP contribution >= 0.6 is 0 Å². The number of hydrogen-bond donors (Lipinski definition) is 3. The molecule has 8 heterocycles. The number of H-pyrrole nitrogens is 2. The Hall–Kier alpha value is -7.06. The lowest BCUT2D eigenvalue weighted by atomic mass is 10.0. The van der Waals surface area contributed by atoms with Crippen molar-refractivity contribution in [2.75, 3.05) is 60.7 Å². The number of piperidine rings is 2. The van der Waals surface area contributed by atoms with Crippen molar-refractivity contribution in [3.05, 3.63) is 107 Å². The standard InChI is InChI=1S/C48H50F4N12O4/c1-65-37-17-38(66-2)42(50)33(41(37)49)15-27-19-54-47-45(27)61-36(24-57-47)30-22-59-64(26-30)32-7-12-62(13-8-32)11-4-14-68-40-18-39(67-3)43(51)34(44(40)52)16-28-20-55-48-46(28)60-35(23-56-48)29-21-58-63(25-29)31-5-9-53-10-6-31/h17-26,31-32,53H,4-16H2,1-3H3,(H,54,57)(H,55,56). The van der Waals surface area contributed by atoms with Gasteiger partial charge in [0.25, 0.3) is 0 Å². The first kappa shape index (κ1) is 44.8. The van der Waals surface area contributed by atoms with Gasteiger partial charge in [-0.2, -0.15) is 10.2 Å². The Balaban J connectivity index is 0.747. The van der Waals surface area contributed by atoms with Crippen LogP contribution in [0, 0.1) is 23.3 Å². The Kier molecular flexibility index (Phi) is 12.7. The van der Waals surface area contributed by atoms with E-state index >= 15 is 17.6 Å². The molecule has 0 aliphatic carbocycles. The Bertz CT molecular complexity index is 3050. The van der Waals surface area contributed by atoms with Crippen LogP contribution in [0.1, 0.15) is 66.4 Å². The molecule has 354 valence electrons. The number of nitrogens with zero attached hydrogens (tertiary/aromatic N) is 9. The van der Waals surface area contributed by atoms with Gasteiger partial charge in [-0.3, -0.25) is 9.36 Å². The zero-order valence-electron chi connectivity index (χ0n) is 37.8. The Labute approximate surface area is 388 Å². The van der Waals surface area contributed by atoms with E-state index in [1.165, 1.54) is 33.5 Å². The maximum atomic E-state index is 16.1. The summed E-state index contributed by atoms with van der Waals surface area (Å²) < 4.78 is 87.8. The lowest BCUT2D eigenvalue weighted by Crippen LogP contribution is -2.35. The van der Waals surface area contributed by atoms with Gasteiger partial charge >= 0.3 is 0 Å². The van der Waals surface area contributed by atoms with Gasteiger partial charge < -0.3 is 39.1 Å². The average Bonchev–Trinajstić information content (AvgIpc) is 4.22. The Morgan fingerprint density at radius 1 is 0.618 bits per heavy atom. The number of rotatable bonds is 16. The maximum Gasteiger partial charge on any atom is 0.171 e. The van der Waals surface area contributed by atoms with Crippen LogP contribution in [0.25, 0.3) is 44.8 Å². The van der Waals surface area contributed by atoms with Gasteiger partial charge in [0.15, 0.2) is 57.6 Å². The zero-order valence-corrected chi connectivity index (χ0v) is 37.8. The van der Waals surface area contributed by atoms with Gasteiger partial charge in [0.1, 0.15) is 11.0 Å². The second-order valence-corrected chi connectivity index (χ2v) is 17.1. The van der Waals surface area contributed by atoms with Crippen molar-refractivity contribution in [1.82, 2.24) is 59.7 Å². The van der Waals surface area contributed by atoms with E-state index in [4.69, 9.17) is 28.9 Å². The van der Waals surface area contributed by atoms with Crippen molar-refractivity contribution in [2.45, 2.75) is 57.0 Å². The van der Waals surface area contributed by atoms with E-state index in [0.717, 1.165) is 69.5 Å². The highest BCUT2D eigenvalue weighted by molar-refractivity contribution is 5.79. The first-order chi connectivity index (χ1) is 33.2. The van der Waals surface area contributed by atoms with Crippen LogP contribution in [-0.2, 0) is 12.8 Å². The summed E-state index contributed by atoms with van der Waals surface area (Å²) in [4.78, 5) is 27.2. The van der Waals surface area contributed by atoms with Crippen LogP contribution in [0.15, 0.2) is 61.7 Å². The molecular weight excluding hydrogens is 885 g/mol. The van der Waals surface area contributed by atoms with Gasteiger partial charge in [-0.15, -0.1) is 0 Å². The third-order valence-corrected chi connectivity index (χ3v) is 13.0. The van der Waals surface area contributed by atoms with Crippen molar-refractivity contribution in [1.29, 1.82) is 0 Å². The molecule has 0 spiro atoms. The number of hydrogen-bond acceptors (Lipinski definition) is 12. The predicted octanol–water partition coefficient (Wildman–Crippen LogP) is 7.75. The molecule has 2 aliphatic rings. The summed E-state index contributed by atoms with van der Waals surface area (Å²) in [6, 6.07) is 2.90. The van der Waals surface area contributed by atoms with E-state index in [9.17, 15) is 0 Å². The fourth-order valence-corrected chi connectivity index (χ4v) is 9.24. The quantitative estimate of drug-likeness (QED) is 0.0637. The predicted molar refractivity (Wildman–Crippen MR) is 244 cm³/mol. The van der Waals surface area contributed by atoms with Crippen molar-refractivity contribution in [2.24, 2.45) is 0 Å². The number of halogens is 4. The van der Waals surface area contributed by atoms with E-state index in [-0.39, 0.29) is 59.6 Å². The monoisotopic (exact) mass is 934 g/mol. The van der Waals surface area contributed by atoms with Crippen LogP contribution in [0.2, 0.25) is 0 Å². The minimum atomic E-state index is -0.808. The molecule has 16 nitrogen and oxygen atoms in total. The number of likely N-dealkylation sites (tertiary alicyclic amines) is 1. The molecule has 2 saturated heterocycles. The highest BCUT2D eigenvalue weighted by Crippen LogP contribution is 2.36. The van der Waals surface area contributed by atoms with Gasteiger partial charge in [0, 0.05) is 103 Å². The normalized spacial score (nSPS) is 15.2. The molecule has 0 amide bonds. The van der Waals surface area contributed by atoms with Crippen LogP contribution in [0.3, 0.4) is 0 Å². The molecule has 0 bridgehead atoms. The molecule has 3 N–H and O–H groups in total. The summed E-state index contributed by atoms with van der Waals surface area (Å²) in [5.41, 5.74) is 5.50. The molecule has 2 aliphatic heterocycles. The van der Waals surface area contributed by atoms with Gasteiger partial charge in [-0.1, -0.05) is 0 Å². The number of fused-ring (bicyclic) bond motifs is 2. The van der Waals surface area contributed by atoms with Gasteiger partial charge in [-0.05, 0) is 45.2 Å². The number of methoxy groups -OCH3 is 3. The van der Waals surface area contributed by atoms with Crippen LogP contribution in [0.4, 0.5) is 17.6 Å². The fraction of sp³-hybridized carbons (Fsp3) is 0.375. The summed E-state index contributed by atoms with van der Waals surface area (Å²) >= 11 is 0. The van der Waals surface area contributed by atoms with Gasteiger partial charge in [0.05, 0.1) is 76.2 Å². The van der Waals surface area contributed by atoms with E-state index in [1.54, 1.807) is 37.2 Å². The zero-order chi connectivity index (χ0) is 46.9. The number of ether oxygens (including phenoxy) is 4. The molecule has 2 fully saturated rings. The number of nitrogens with one attached hydrogen (secondary N) is 3. The molecule has 8 aromatic rings. The molecule has 68 heavy (non-hydrogen) atoms. The van der Waals surface area contributed by atoms with E-state index in [2.05, 4.69) is 40.3 Å². The van der Waals surface area contributed by atoms with Gasteiger partial charge in [0.2, 0.25) is 0 Å². The van der Waals surface area contributed by atoms with Crippen LogP contribution < -0.4 is 24.3 Å². The second-order valence-electron chi connectivity index (χ2n) is 17.1. The molecule has 0 atom stereocenters. The minimum absolute atomic E-state index is 0.0831. The first-order valence-corrected chi connectivity index (χ1v) is 22.6. The largest absolute Gasteiger partial charge is 0.494 e. The van der Waals surface area contributed by atoms with Crippen molar-refractivity contribution < 1.29 is 36.5 Å². The molecule has 20 heteroatoms. The van der Waals surface area contributed by atoms with Crippen molar-refractivity contribution >= 4 is 22.3 Å². The third-order valence-electron chi connectivity index (χ3n) is 13.0. The highest BCUT2D eigenvalue weighted by Gasteiger charge is 2.26. The lowest BCUT2D eigenvalue weighted by molar-refractivity contribution is 0.166. The number of aromatic nitrogens is 10. The molecule has 0 unspecified atom stereocenters. The minimum Gasteiger partial charge on any atom is -0.494 e. The molecule has 6 aromatic heterocycles. The topological polar surface area (TPSA) is 171 Å². The van der Waals surface area contributed by atoms with Crippen molar-refractivity contribution in [3.63, 3.8) is 0 Å². The van der Waals surface area contributed by atoms with Crippen LogP contribution in [-0.4, -0.2) is 115 Å². The van der Waals surface area contributed by atoms with E-state index in [1.807, 2.05) is 21.8 Å².